The van der Waals surface area contributed by atoms with Gasteiger partial charge in [-0.15, -0.1) is 0 Å². The van der Waals surface area contributed by atoms with E-state index >= 15 is 0 Å². The van der Waals surface area contributed by atoms with Crippen LogP contribution in [0.2, 0.25) is 0 Å². The van der Waals surface area contributed by atoms with Crippen molar-refractivity contribution in [3.8, 4) is 17.1 Å². The molecule has 4 nitrogen and oxygen atoms in total. The molecule has 0 radical (unpaired) electrons. The smallest absolute Gasteiger partial charge is 0.194 e. The van der Waals surface area contributed by atoms with Gasteiger partial charge >= 0.3 is 0 Å². The first-order valence-electron chi connectivity index (χ1n) is 5.73. The average Bonchev–Trinajstić information content (AvgIpc) is 2.85. The molecular formula is C13H15FN2O2. The van der Waals surface area contributed by atoms with Gasteiger partial charge in [0.05, 0.1) is 13.3 Å². The summed E-state index contributed by atoms with van der Waals surface area (Å²) in [4.78, 5) is 4.13. The highest BCUT2D eigenvalue weighted by atomic mass is 19.1. The highest BCUT2D eigenvalue weighted by Crippen LogP contribution is 2.26. The van der Waals surface area contributed by atoms with Crippen molar-refractivity contribution in [2.75, 3.05) is 13.7 Å². The molecule has 0 saturated carbocycles. The van der Waals surface area contributed by atoms with E-state index in [0.717, 1.165) is 6.42 Å². The molecule has 0 fully saturated rings. The van der Waals surface area contributed by atoms with E-state index in [2.05, 4.69) is 4.98 Å². The molecule has 0 aliphatic carbocycles. The molecule has 0 amide bonds. The number of aromatic nitrogens is 1. The number of oxazole rings is 1. The second-order valence-corrected chi connectivity index (χ2v) is 3.86. The third-order valence-corrected chi connectivity index (χ3v) is 2.58. The van der Waals surface area contributed by atoms with Crippen molar-refractivity contribution in [3.63, 3.8) is 0 Å². The number of methoxy groups -OCH3 is 1. The average molecular weight is 250 g/mol. The summed E-state index contributed by atoms with van der Waals surface area (Å²) in [6.45, 7) is 0.592. The summed E-state index contributed by atoms with van der Waals surface area (Å²) < 4.78 is 23.9. The fourth-order valence-corrected chi connectivity index (χ4v) is 1.63. The van der Waals surface area contributed by atoms with Crippen LogP contribution in [0.25, 0.3) is 11.3 Å². The van der Waals surface area contributed by atoms with Gasteiger partial charge < -0.3 is 14.9 Å². The molecule has 0 unspecified atom stereocenters. The van der Waals surface area contributed by atoms with Crippen LogP contribution >= 0.6 is 0 Å². The van der Waals surface area contributed by atoms with Gasteiger partial charge in [0, 0.05) is 12.0 Å². The zero-order chi connectivity index (χ0) is 13.0. The molecule has 1 aromatic heterocycles. The molecule has 0 aliphatic rings. The molecule has 0 saturated heterocycles. The molecule has 18 heavy (non-hydrogen) atoms. The largest absolute Gasteiger partial charge is 0.494 e. The minimum Gasteiger partial charge on any atom is -0.494 e. The van der Waals surface area contributed by atoms with Crippen molar-refractivity contribution >= 4 is 0 Å². The van der Waals surface area contributed by atoms with Crippen molar-refractivity contribution in [3.05, 3.63) is 36.1 Å². The highest BCUT2D eigenvalue weighted by molar-refractivity contribution is 5.57. The normalized spacial score (nSPS) is 10.6. The van der Waals surface area contributed by atoms with E-state index in [1.165, 1.54) is 13.2 Å². The SMILES string of the molecule is COc1ccc(-c2cnc(CCCN)o2)cc1F. The quantitative estimate of drug-likeness (QED) is 0.885. The summed E-state index contributed by atoms with van der Waals surface area (Å²) in [7, 11) is 1.43. The van der Waals surface area contributed by atoms with Crippen LogP contribution < -0.4 is 10.5 Å². The number of nitrogens with two attached hydrogens (primary N) is 1. The highest BCUT2D eigenvalue weighted by Gasteiger charge is 2.09. The Morgan fingerprint density at radius 1 is 1.44 bits per heavy atom. The molecule has 2 aromatic rings. The first-order valence-corrected chi connectivity index (χ1v) is 5.73. The van der Waals surface area contributed by atoms with Crippen molar-refractivity contribution in [1.29, 1.82) is 0 Å². The minimum absolute atomic E-state index is 0.210. The molecule has 1 aromatic carbocycles. The summed E-state index contributed by atoms with van der Waals surface area (Å²) >= 11 is 0. The Morgan fingerprint density at radius 3 is 2.94 bits per heavy atom. The van der Waals surface area contributed by atoms with E-state index in [1.54, 1.807) is 18.3 Å². The lowest BCUT2D eigenvalue weighted by molar-refractivity contribution is 0.386. The van der Waals surface area contributed by atoms with Crippen LogP contribution in [-0.2, 0) is 6.42 Å². The molecule has 0 aliphatic heterocycles. The van der Waals surface area contributed by atoms with Crippen LogP contribution in [-0.4, -0.2) is 18.6 Å². The molecule has 96 valence electrons. The maximum Gasteiger partial charge on any atom is 0.194 e. The van der Waals surface area contributed by atoms with E-state index < -0.39 is 5.82 Å². The number of aryl methyl sites for hydroxylation is 1. The van der Waals surface area contributed by atoms with Crippen LogP contribution in [0.1, 0.15) is 12.3 Å². The Bertz CT molecular complexity index is 525. The number of benzene rings is 1. The summed E-state index contributed by atoms with van der Waals surface area (Å²) in [5.74, 6) is 0.951. The van der Waals surface area contributed by atoms with E-state index in [9.17, 15) is 4.39 Å². The Balaban J connectivity index is 2.20. The second-order valence-electron chi connectivity index (χ2n) is 3.86. The fraction of sp³-hybridized carbons (Fsp3) is 0.308. The third-order valence-electron chi connectivity index (χ3n) is 2.58. The van der Waals surface area contributed by atoms with Crippen molar-refractivity contribution in [2.24, 2.45) is 5.73 Å². The summed E-state index contributed by atoms with van der Waals surface area (Å²) in [6.07, 6.45) is 3.10. The first kappa shape index (κ1) is 12.6. The molecule has 2 N–H and O–H groups in total. The minimum atomic E-state index is -0.421. The monoisotopic (exact) mass is 250 g/mol. The van der Waals surface area contributed by atoms with Crippen molar-refractivity contribution in [1.82, 2.24) is 4.98 Å². The fourth-order valence-electron chi connectivity index (χ4n) is 1.63. The van der Waals surface area contributed by atoms with Gasteiger partial charge in [-0.25, -0.2) is 9.37 Å². The van der Waals surface area contributed by atoms with E-state index in [1.807, 2.05) is 0 Å². The van der Waals surface area contributed by atoms with Crippen LogP contribution in [0.5, 0.6) is 5.75 Å². The van der Waals surface area contributed by atoms with E-state index in [4.69, 9.17) is 14.9 Å². The Hall–Kier alpha value is -1.88. The summed E-state index contributed by atoms with van der Waals surface area (Å²) in [5, 5.41) is 0. The topological polar surface area (TPSA) is 61.3 Å². The van der Waals surface area contributed by atoms with Gasteiger partial charge in [0.15, 0.2) is 23.2 Å². The van der Waals surface area contributed by atoms with Gasteiger partial charge in [-0.05, 0) is 31.2 Å². The van der Waals surface area contributed by atoms with Crippen molar-refractivity contribution < 1.29 is 13.5 Å². The molecule has 0 bridgehead atoms. The molecule has 0 atom stereocenters. The Labute approximate surface area is 105 Å². The number of hydrogen-bond acceptors (Lipinski definition) is 4. The van der Waals surface area contributed by atoms with Gasteiger partial charge in [0.25, 0.3) is 0 Å². The van der Waals surface area contributed by atoms with Gasteiger partial charge in [-0.2, -0.15) is 0 Å². The van der Waals surface area contributed by atoms with Crippen molar-refractivity contribution in [2.45, 2.75) is 12.8 Å². The van der Waals surface area contributed by atoms with Gasteiger partial charge in [-0.3, -0.25) is 0 Å². The van der Waals surface area contributed by atoms with Crippen LogP contribution in [0.4, 0.5) is 4.39 Å². The number of rotatable bonds is 5. The predicted molar refractivity (Wildman–Crippen MR) is 65.8 cm³/mol. The number of ether oxygens (including phenoxy) is 1. The number of nitrogens with zero attached hydrogens (tertiary/aromatic N) is 1. The summed E-state index contributed by atoms with van der Waals surface area (Å²) in [5.41, 5.74) is 6.05. The Morgan fingerprint density at radius 2 is 2.28 bits per heavy atom. The maximum absolute atomic E-state index is 13.5. The lowest BCUT2D eigenvalue weighted by Gasteiger charge is -2.02. The standard InChI is InChI=1S/C13H15FN2O2/c1-17-11-5-4-9(7-10(11)14)12-8-16-13(18-12)3-2-6-15/h4-5,7-8H,2-3,6,15H2,1H3. The van der Waals surface area contributed by atoms with Crippen LogP contribution in [0, 0.1) is 5.82 Å². The first-order chi connectivity index (χ1) is 8.74. The van der Waals surface area contributed by atoms with E-state index in [0.29, 0.717) is 30.2 Å². The second kappa shape index (κ2) is 5.64. The number of hydrogen-bond donors (Lipinski definition) is 1. The summed E-state index contributed by atoms with van der Waals surface area (Å²) in [6, 6.07) is 4.66. The van der Waals surface area contributed by atoms with Gasteiger partial charge in [0.2, 0.25) is 0 Å². The number of halogens is 1. The predicted octanol–water partition coefficient (Wildman–Crippen LogP) is 2.38. The molecule has 5 heteroatoms. The molecule has 2 rings (SSSR count). The lowest BCUT2D eigenvalue weighted by atomic mass is 10.2. The molecular weight excluding hydrogens is 235 g/mol. The van der Waals surface area contributed by atoms with Crippen LogP contribution in [0.15, 0.2) is 28.8 Å². The molecule has 1 heterocycles. The van der Waals surface area contributed by atoms with Gasteiger partial charge in [0.1, 0.15) is 0 Å². The third kappa shape index (κ3) is 2.68. The van der Waals surface area contributed by atoms with Crippen LogP contribution in [0.3, 0.4) is 0 Å². The van der Waals surface area contributed by atoms with E-state index in [-0.39, 0.29) is 5.75 Å². The molecule has 0 spiro atoms. The Kier molecular flexibility index (Phi) is 3.94. The zero-order valence-corrected chi connectivity index (χ0v) is 10.1. The zero-order valence-electron chi connectivity index (χ0n) is 10.1. The van der Waals surface area contributed by atoms with Gasteiger partial charge in [-0.1, -0.05) is 0 Å². The lowest BCUT2D eigenvalue weighted by Crippen LogP contribution is -2.00. The maximum atomic E-state index is 13.5.